The molecule has 55 heavy (non-hydrogen) atoms. The van der Waals surface area contributed by atoms with Crippen LogP contribution in [0.3, 0.4) is 0 Å². The number of fused-ring (bicyclic) bond motifs is 3. The van der Waals surface area contributed by atoms with Crippen molar-refractivity contribution in [2.45, 2.75) is 141 Å². The van der Waals surface area contributed by atoms with Crippen LogP contribution in [-0.4, -0.2) is 73.1 Å². The summed E-state index contributed by atoms with van der Waals surface area (Å²) >= 11 is 0. The lowest BCUT2D eigenvalue weighted by molar-refractivity contribution is -0.162. The number of anilines is 1. The highest BCUT2D eigenvalue weighted by atomic mass is 16.8. The zero-order valence-electron chi connectivity index (χ0n) is 33.8. The molecule has 4 atom stereocenters. The van der Waals surface area contributed by atoms with Crippen LogP contribution in [0.15, 0.2) is 55.0 Å². The molecule has 4 heterocycles. The maximum atomic E-state index is 6.76. The third-order valence-corrected chi connectivity index (χ3v) is 13.3. The summed E-state index contributed by atoms with van der Waals surface area (Å²) in [5, 5.41) is 4.62. The molecule has 2 N–H and O–H groups in total. The predicted octanol–water partition coefficient (Wildman–Crippen LogP) is 8.88. The average molecular weight is 746 g/mol. The van der Waals surface area contributed by atoms with E-state index in [-0.39, 0.29) is 23.7 Å². The molecule has 3 saturated carbocycles. The molecule has 10 heteroatoms. The molecule has 1 saturated heterocycles. The van der Waals surface area contributed by atoms with Crippen molar-refractivity contribution in [3.8, 4) is 5.75 Å². The molecule has 4 fully saturated rings. The Morgan fingerprint density at radius 3 is 2.56 bits per heavy atom. The summed E-state index contributed by atoms with van der Waals surface area (Å²) in [7, 11) is 1.70. The second-order valence-electron chi connectivity index (χ2n) is 18.4. The van der Waals surface area contributed by atoms with Gasteiger partial charge in [0.05, 0.1) is 35.7 Å². The molecule has 1 aliphatic heterocycles. The molecule has 2 aromatic carbocycles. The van der Waals surface area contributed by atoms with Crippen LogP contribution >= 0.6 is 0 Å². The summed E-state index contributed by atoms with van der Waals surface area (Å²) in [6, 6.07) is 16.5. The van der Waals surface area contributed by atoms with Crippen LogP contribution < -0.4 is 10.1 Å². The molecule has 5 aromatic rings. The zero-order chi connectivity index (χ0) is 38.1. The van der Waals surface area contributed by atoms with Gasteiger partial charge in [0.1, 0.15) is 35.5 Å². The van der Waals surface area contributed by atoms with E-state index < -0.39 is 5.79 Å². The van der Waals surface area contributed by atoms with Crippen molar-refractivity contribution in [1.29, 1.82) is 0 Å². The number of ether oxygens (including phenoxy) is 3. The quantitative estimate of drug-likeness (QED) is 0.131. The number of nitrogens with one attached hydrogen (secondary N) is 2. The van der Waals surface area contributed by atoms with Gasteiger partial charge in [0.2, 0.25) is 0 Å². The number of nitrogens with zero attached hydrogens (tertiary/aromatic N) is 5. The Bertz CT molecular complexity index is 2160. The predicted molar refractivity (Wildman–Crippen MR) is 218 cm³/mol. The van der Waals surface area contributed by atoms with Gasteiger partial charge in [-0.3, -0.25) is 4.90 Å². The first-order valence-corrected chi connectivity index (χ1v) is 20.7. The molecule has 4 aliphatic rings. The number of aryl methyl sites for hydroxylation is 2. The monoisotopic (exact) mass is 745 g/mol. The summed E-state index contributed by atoms with van der Waals surface area (Å²) in [5.41, 5.74) is 7.06. The van der Waals surface area contributed by atoms with E-state index in [0.29, 0.717) is 24.5 Å². The van der Waals surface area contributed by atoms with Crippen molar-refractivity contribution in [3.63, 3.8) is 0 Å². The number of aromatic amines is 1. The summed E-state index contributed by atoms with van der Waals surface area (Å²) in [6.07, 6.45) is 13.7. The maximum absolute atomic E-state index is 6.76. The smallest absolute Gasteiger partial charge is 0.163 e. The van der Waals surface area contributed by atoms with E-state index in [4.69, 9.17) is 24.2 Å². The first-order chi connectivity index (χ1) is 26.4. The summed E-state index contributed by atoms with van der Waals surface area (Å²) in [5.74, 6) is 3.38. The second-order valence-corrected chi connectivity index (χ2v) is 18.4. The number of imidazole rings is 1. The summed E-state index contributed by atoms with van der Waals surface area (Å²) in [6.45, 7) is 14.8. The molecule has 0 radical (unpaired) electrons. The van der Waals surface area contributed by atoms with Crippen molar-refractivity contribution in [2.75, 3.05) is 19.0 Å². The van der Waals surface area contributed by atoms with Crippen molar-refractivity contribution < 1.29 is 14.2 Å². The molecule has 0 bridgehead atoms. The van der Waals surface area contributed by atoms with E-state index in [9.17, 15) is 0 Å². The minimum Gasteiger partial charge on any atom is -0.497 e. The molecule has 292 valence electrons. The normalized spacial score (nSPS) is 26.4. The van der Waals surface area contributed by atoms with Gasteiger partial charge in [-0.05, 0) is 118 Å². The highest BCUT2D eigenvalue weighted by Gasteiger charge is 2.55. The molecule has 0 unspecified atom stereocenters. The van der Waals surface area contributed by atoms with Crippen molar-refractivity contribution in [1.82, 2.24) is 29.4 Å². The fourth-order valence-corrected chi connectivity index (χ4v) is 9.84. The summed E-state index contributed by atoms with van der Waals surface area (Å²) in [4.78, 5) is 21.0. The standard InChI is InChI=1S/C45H59N7O3/c1-27-19-34(53-7)14-12-29(27)24-46-42-35-17-18-51(43(35)48-26-47-42)38-22-30(40-41(38)55-45(5,6)54-40)25-52(32-9-8-10-32)33-20-28(21-33)11-16-39-49-36-15-13-31(44(2,3)4)23-37(36)50-39/h12-15,17-19,23,26,28,30,32-33,38,40-41H,8-11,16,20-22,24-25H2,1-7H3,(H,49,50)(H,46,47,48)/t28?,30-,33?,38-,40-,41+/m1/s1. The molecular formula is C45H59N7O3. The molecule has 0 spiro atoms. The Hall–Kier alpha value is -3.99. The summed E-state index contributed by atoms with van der Waals surface area (Å²) < 4.78 is 21.3. The van der Waals surface area contributed by atoms with Gasteiger partial charge >= 0.3 is 0 Å². The fraction of sp³-hybridized carbons (Fsp3) is 0.578. The SMILES string of the molecule is COc1ccc(CNc2ncnc3c2ccn3[C@@H]2C[C@H](CN(C3CCC3)C3CC(CCc4nc5ccc(C(C)(C)C)cc5[nH]4)C3)[C@H]3OC(C)(C)O[C@H]32)c(C)c1. The van der Waals surface area contributed by atoms with Crippen LogP contribution in [0.2, 0.25) is 0 Å². The minimum atomic E-state index is -0.610. The van der Waals surface area contributed by atoms with Crippen LogP contribution in [0.25, 0.3) is 22.1 Å². The van der Waals surface area contributed by atoms with E-state index in [1.54, 1.807) is 13.4 Å². The van der Waals surface area contributed by atoms with Crippen LogP contribution in [0, 0.1) is 18.8 Å². The number of benzene rings is 2. The lowest BCUT2D eigenvalue weighted by Crippen LogP contribution is -2.54. The van der Waals surface area contributed by atoms with Gasteiger partial charge in [-0.15, -0.1) is 0 Å². The van der Waals surface area contributed by atoms with Crippen molar-refractivity contribution in [3.05, 3.63) is 77.5 Å². The van der Waals surface area contributed by atoms with Gasteiger partial charge < -0.3 is 29.1 Å². The number of H-pyrrole nitrogens is 1. The maximum Gasteiger partial charge on any atom is 0.163 e. The van der Waals surface area contributed by atoms with Crippen LogP contribution in [0.5, 0.6) is 5.75 Å². The van der Waals surface area contributed by atoms with Gasteiger partial charge in [0, 0.05) is 43.7 Å². The number of hydrogen-bond donors (Lipinski definition) is 2. The van der Waals surface area contributed by atoms with Gasteiger partial charge in [0.25, 0.3) is 0 Å². The Balaban J connectivity index is 0.874. The number of hydrogen-bond acceptors (Lipinski definition) is 8. The van der Waals surface area contributed by atoms with Crippen molar-refractivity contribution in [2.24, 2.45) is 11.8 Å². The molecule has 3 aromatic heterocycles. The highest BCUT2D eigenvalue weighted by Crippen LogP contribution is 2.50. The number of rotatable bonds is 12. The Labute approximate surface area is 325 Å². The van der Waals surface area contributed by atoms with E-state index in [0.717, 1.165) is 64.8 Å². The molecule has 10 nitrogen and oxygen atoms in total. The van der Waals surface area contributed by atoms with Gasteiger partial charge in [-0.1, -0.05) is 39.3 Å². The zero-order valence-corrected chi connectivity index (χ0v) is 33.8. The van der Waals surface area contributed by atoms with E-state index in [1.165, 1.54) is 55.2 Å². The van der Waals surface area contributed by atoms with Gasteiger partial charge in [-0.25, -0.2) is 15.0 Å². The Morgan fingerprint density at radius 2 is 1.82 bits per heavy atom. The third-order valence-electron chi connectivity index (χ3n) is 13.3. The van der Waals surface area contributed by atoms with Gasteiger partial charge in [0.15, 0.2) is 5.79 Å². The van der Waals surface area contributed by atoms with Crippen LogP contribution in [0.4, 0.5) is 5.82 Å². The first kappa shape index (κ1) is 36.6. The average Bonchev–Trinajstić information content (AvgIpc) is 3.87. The third kappa shape index (κ3) is 7.15. The highest BCUT2D eigenvalue weighted by molar-refractivity contribution is 5.87. The van der Waals surface area contributed by atoms with Crippen molar-refractivity contribution >= 4 is 27.9 Å². The topological polar surface area (TPSA) is 102 Å². The Morgan fingerprint density at radius 1 is 1.00 bits per heavy atom. The lowest BCUT2D eigenvalue weighted by atomic mass is 9.74. The van der Waals surface area contributed by atoms with Crippen LogP contribution in [0.1, 0.15) is 108 Å². The second kappa shape index (κ2) is 14.2. The van der Waals surface area contributed by atoms with E-state index in [2.05, 4.69) is 109 Å². The largest absolute Gasteiger partial charge is 0.497 e. The fourth-order valence-electron chi connectivity index (χ4n) is 9.84. The number of methoxy groups -OCH3 is 1. The lowest BCUT2D eigenvalue weighted by Gasteiger charge is -2.50. The number of aromatic nitrogens is 5. The van der Waals surface area contributed by atoms with Crippen LogP contribution in [-0.2, 0) is 27.9 Å². The molecule has 9 rings (SSSR count). The molecule has 3 aliphatic carbocycles. The Kier molecular flexibility index (Phi) is 9.45. The van der Waals surface area contributed by atoms with E-state index in [1.807, 2.05) is 6.07 Å². The molecular weight excluding hydrogens is 687 g/mol. The minimum absolute atomic E-state index is 0.0235. The molecule has 0 amide bonds. The first-order valence-electron chi connectivity index (χ1n) is 20.7. The van der Waals surface area contributed by atoms with E-state index >= 15 is 0 Å². The van der Waals surface area contributed by atoms with Gasteiger partial charge in [-0.2, -0.15) is 0 Å².